The van der Waals surface area contributed by atoms with Crippen LogP contribution in [0.15, 0.2) is 24.8 Å². The molecule has 0 bridgehead atoms. The number of nitrogens with one attached hydrogen (secondary N) is 1. The molecule has 0 radical (unpaired) electrons. The van der Waals surface area contributed by atoms with E-state index in [-0.39, 0.29) is 11.9 Å². The first kappa shape index (κ1) is 12.2. The van der Waals surface area contributed by atoms with Gasteiger partial charge in [0.2, 0.25) is 0 Å². The number of hydrogen-bond acceptors (Lipinski definition) is 4. The number of pyridine rings is 1. The first-order valence-electron chi connectivity index (χ1n) is 6.51. The van der Waals surface area contributed by atoms with Crippen LogP contribution in [0.25, 0.3) is 0 Å². The molecule has 0 saturated carbocycles. The molecule has 0 spiro atoms. The van der Waals surface area contributed by atoms with Gasteiger partial charge >= 0.3 is 0 Å². The summed E-state index contributed by atoms with van der Waals surface area (Å²) < 4.78 is 13.2. The van der Waals surface area contributed by atoms with Gasteiger partial charge in [-0.2, -0.15) is 5.10 Å². The monoisotopic (exact) mass is 261 g/mol. The van der Waals surface area contributed by atoms with Crippen LogP contribution in [0.1, 0.15) is 36.7 Å². The van der Waals surface area contributed by atoms with Crippen LogP contribution in [0.4, 0.5) is 4.39 Å². The molecule has 1 fully saturated rings. The highest BCUT2D eigenvalue weighted by atomic mass is 19.1. The summed E-state index contributed by atoms with van der Waals surface area (Å²) in [7, 11) is 0. The smallest absolute Gasteiger partial charge is 0.141 e. The van der Waals surface area contributed by atoms with E-state index in [2.05, 4.69) is 25.1 Å². The van der Waals surface area contributed by atoms with E-state index >= 15 is 0 Å². The third kappa shape index (κ3) is 2.78. The summed E-state index contributed by atoms with van der Waals surface area (Å²) in [6, 6.07) is 1.78. The van der Waals surface area contributed by atoms with Crippen molar-refractivity contribution in [1.29, 1.82) is 0 Å². The van der Waals surface area contributed by atoms with Crippen molar-refractivity contribution in [1.82, 2.24) is 25.1 Å². The highest BCUT2D eigenvalue weighted by Gasteiger charge is 2.26. The van der Waals surface area contributed by atoms with Gasteiger partial charge in [0, 0.05) is 12.7 Å². The first-order chi connectivity index (χ1) is 9.33. The molecule has 1 aliphatic heterocycles. The van der Waals surface area contributed by atoms with Crippen molar-refractivity contribution >= 4 is 0 Å². The molecule has 3 rings (SSSR count). The Morgan fingerprint density at radius 1 is 1.37 bits per heavy atom. The van der Waals surface area contributed by atoms with Gasteiger partial charge in [0.25, 0.3) is 0 Å². The van der Waals surface area contributed by atoms with Gasteiger partial charge in [0.1, 0.15) is 18.0 Å². The Morgan fingerprint density at radius 3 is 3.11 bits per heavy atom. The van der Waals surface area contributed by atoms with Crippen LogP contribution in [-0.2, 0) is 6.54 Å². The Kier molecular flexibility index (Phi) is 3.50. The third-order valence-electron chi connectivity index (χ3n) is 3.51. The van der Waals surface area contributed by atoms with Crippen molar-refractivity contribution < 1.29 is 4.39 Å². The van der Waals surface area contributed by atoms with Crippen LogP contribution in [0.2, 0.25) is 0 Å². The van der Waals surface area contributed by atoms with Gasteiger partial charge < -0.3 is 0 Å². The number of nitrogens with zero attached hydrogens (tertiary/aromatic N) is 4. The lowest BCUT2D eigenvalue weighted by Gasteiger charge is -2.34. The van der Waals surface area contributed by atoms with Crippen molar-refractivity contribution in [3.8, 4) is 0 Å². The van der Waals surface area contributed by atoms with Crippen molar-refractivity contribution in [2.75, 3.05) is 6.54 Å². The van der Waals surface area contributed by atoms with Crippen LogP contribution in [-0.4, -0.2) is 31.6 Å². The van der Waals surface area contributed by atoms with E-state index in [1.165, 1.54) is 18.9 Å². The molecule has 1 unspecified atom stereocenters. The molecule has 0 aliphatic carbocycles. The van der Waals surface area contributed by atoms with Gasteiger partial charge in [-0.15, -0.1) is 0 Å². The van der Waals surface area contributed by atoms with Crippen LogP contribution < -0.4 is 0 Å². The predicted octanol–water partition coefficient (Wildman–Crippen LogP) is 2.07. The fourth-order valence-corrected chi connectivity index (χ4v) is 2.64. The van der Waals surface area contributed by atoms with E-state index in [9.17, 15) is 4.39 Å². The fourth-order valence-electron chi connectivity index (χ4n) is 2.64. The molecular weight excluding hydrogens is 245 g/mol. The minimum absolute atomic E-state index is 0.236. The zero-order chi connectivity index (χ0) is 13.1. The third-order valence-corrected chi connectivity index (χ3v) is 3.51. The number of piperidine rings is 1. The average Bonchev–Trinajstić information content (AvgIpc) is 2.93. The normalized spacial score (nSPS) is 20.6. The molecule has 100 valence electrons. The van der Waals surface area contributed by atoms with Crippen LogP contribution in [0.5, 0.6) is 0 Å². The number of aromatic nitrogens is 4. The first-order valence-corrected chi connectivity index (χ1v) is 6.51. The number of H-pyrrole nitrogens is 1. The zero-order valence-corrected chi connectivity index (χ0v) is 10.6. The summed E-state index contributed by atoms with van der Waals surface area (Å²) in [6.07, 6.45) is 7.88. The van der Waals surface area contributed by atoms with Gasteiger partial charge in [-0.05, 0) is 31.0 Å². The average molecular weight is 261 g/mol. The number of likely N-dealkylation sites (tertiary alicyclic amines) is 1. The lowest BCUT2D eigenvalue weighted by molar-refractivity contribution is 0.134. The maximum absolute atomic E-state index is 13.2. The Hall–Kier alpha value is -1.82. The molecule has 3 heterocycles. The summed E-state index contributed by atoms with van der Waals surface area (Å²) >= 11 is 0. The maximum Gasteiger partial charge on any atom is 0.141 e. The quantitative estimate of drug-likeness (QED) is 0.919. The molecule has 0 amide bonds. The number of rotatable bonds is 3. The summed E-state index contributed by atoms with van der Waals surface area (Å²) in [5.41, 5.74) is 0.895. The van der Waals surface area contributed by atoms with E-state index in [0.29, 0.717) is 6.54 Å². The molecule has 0 aromatic carbocycles. The molecule has 6 heteroatoms. The van der Waals surface area contributed by atoms with Crippen LogP contribution in [0, 0.1) is 5.82 Å². The standard InChI is InChI=1S/C13H16FN5/c14-11-5-10(6-15-7-11)8-19-4-2-1-3-12(19)13-16-9-17-18-13/h5-7,9,12H,1-4,8H2,(H,16,17,18). The molecule has 1 atom stereocenters. The van der Waals surface area contributed by atoms with E-state index in [4.69, 9.17) is 0 Å². The minimum atomic E-state index is -0.286. The van der Waals surface area contributed by atoms with E-state index in [0.717, 1.165) is 30.8 Å². The second-order valence-corrected chi connectivity index (χ2v) is 4.86. The van der Waals surface area contributed by atoms with Crippen molar-refractivity contribution in [2.45, 2.75) is 31.8 Å². The van der Waals surface area contributed by atoms with Gasteiger partial charge in [-0.3, -0.25) is 15.0 Å². The molecule has 19 heavy (non-hydrogen) atoms. The number of aromatic amines is 1. The van der Waals surface area contributed by atoms with E-state index in [1.54, 1.807) is 12.3 Å². The lowest BCUT2D eigenvalue weighted by atomic mass is 10.0. The fraction of sp³-hybridized carbons (Fsp3) is 0.462. The number of hydrogen-bond donors (Lipinski definition) is 1. The molecule has 5 nitrogen and oxygen atoms in total. The van der Waals surface area contributed by atoms with Crippen LogP contribution in [0.3, 0.4) is 0 Å². The largest absolute Gasteiger partial charge is 0.289 e. The topological polar surface area (TPSA) is 57.7 Å². The van der Waals surface area contributed by atoms with Crippen molar-refractivity contribution in [3.63, 3.8) is 0 Å². The van der Waals surface area contributed by atoms with E-state index < -0.39 is 0 Å². The Balaban J connectivity index is 1.77. The van der Waals surface area contributed by atoms with Crippen LogP contribution >= 0.6 is 0 Å². The predicted molar refractivity (Wildman–Crippen MR) is 67.6 cm³/mol. The summed E-state index contributed by atoms with van der Waals surface area (Å²) in [4.78, 5) is 10.5. The van der Waals surface area contributed by atoms with Gasteiger partial charge in [0.15, 0.2) is 0 Å². The molecular formula is C13H16FN5. The molecule has 1 aliphatic rings. The number of halogens is 1. The summed E-state index contributed by atoms with van der Waals surface area (Å²) in [5.74, 6) is 0.606. The second kappa shape index (κ2) is 5.44. The van der Waals surface area contributed by atoms with E-state index in [1.807, 2.05) is 0 Å². The van der Waals surface area contributed by atoms with Gasteiger partial charge in [-0.25, -0.2) is 9.37 Å². The zero-order valence-electron chi connectivity index (χ0n) is 10.6. The molecule has 2 aromatic heterocycles. The second-order valence-electron chi connectivity index (χ2n) is 4.86. The Bertz CT molecular complexity index is 528. The van der Waals surface area contributed by atoms with Crippen molar-refractivity contribution in [3.05, 3.63) is 42.0 Å². The molecule has 1 saturated heterocycles. The van der Waals surface area contributed by atoms with Gasteiger partial charge in [0.05, 0.1) is 12.2 Å². The highest BCUT2D eigenvalue weighted by molar-refractivity contribution is 5.11. The Morgan fingerprint density at radius 2 is 2.32 bits per heavy atom. The summed E-state index contributed by atoms with van der Waals surface area (Å²) in [6.45, 7) is 1.68. The SMILES string of the molecule is Fc1cncc(CN2CCCCC2c2ncn[nH]2)c1. The maximum atomic E-state index is 13.2. The summed E-state index contributed by atoms with van der Waals surface area (Å²) in [5, 5.41) is 6.86. The minimum Gasteiger partial charge on any atom is -0.289 e. The lowest BCUT2D eigenvalue weighted by Crippen LogP contribution is -2.33. The van der Waals surface area contributed by atoms with Crippen molar-refractivity contribution in [2.24, 2.45) is 0 Å². The highest BCUT2D eigenvalue weighted by Crippen LogP contribution is 2.29. The molecule has 1 N–H and O–H groups in total. The Labute approximate surface area is 110 Å². The molecule has 2 aromatic rings. The van der Waals surface area contributed by atoms with Gasteiger partial charge in [-0.1, -0.05) is 6.42 Å².